The molecule has 1 saturated heterocycles. The lowest BCUT2D eigenvalue weighted by molar-refractivity contribution is -0.145. The van der Waals surface area contributed by atoms with Crippen LogP contribution in [-0.2, 0) is 4.79 Å². The van der Waals surface area contributed by atoms with Crippen LogP contribution in [0.15, 0.2) is 0 Å². The highest BCUT2D eigenvalue weighted by molar-refractivity contribution is 5.73. The third-order valence-electron chi connectivity index (χ3n) is 2.76. The second kappa shape index (κ2) is 4.75. The van der Waals surface area contributed by atoms with E-state index in [1.165, 1.54) is 0 Å². The number of carboxylic acid groups (broad SMARTS) is 1. The first-order chi connectivity index (χ1) is 6.50. The smallest absolute Gasteiger partial charge is 0.320 e. The minimum absolute atomic E-state index is 0.409. The van der Waals surface area contributed by atoms with Crippen LogP contribution in [0.4, 0.5) is 0 Å². The zero-order valence-electron chi connectivity index (χ0n) is 8.81. The van der Waals surface area contributed by atoms with Gasteiger partial charge in [0.1, 0.15) is 6.04 Å². The molecule has 0 aromatic rings. The van der Waals surface area contributed by atoms with Gasteiger partial charge in [-0.25, -0.2) is 0 Å². The molecule has 3 atom stereocenters. The minimum atomic E-state index is -0.766. The molecule has 0 amide bonds. The van der Waals surface area contributed by atoms with Crippen molar-refractivity contribution in [3.63, 3.8) is 0 Å². The molecule has 1 rings (SSSR count). The molecule has 3 unspecified atom stereocenters. The summed E-state index contributed by atoms with van der Waals surface area (Å²) in [5.41, 5.74) is 0. The molecular weight excluding hydrogens is 182 g/mol. The molecular formula is C10H19NO3. The van der Waals surface area contributed by atoms with Gasteiger partial charge in [0.15, 0.2) is 0 Å². The molecule has 1 heterocycles. The van der Waals surface area contributed by atoms with E-state index in [0.717, 1.165) is 13.0 Å². The number of aliphatic carboxylic acids is 1. The Labute approximate surface area is 84.5 Å². The summed E-state index contributed by atoms with van der Waals surface area (Å²) in [5, 5.41) is 18.3. The molecule has 14 heavy (non-hydrogen) atoms. The highest BCUT2D eigenvalue weighted by atomic mass is 16.4. The fourth-order valence-electron chi connectivity index (χ4n) is 2.01. The molecule has 0 aliphatic carbocycles. The summed E-state index contributed by atoms with van der Waals surface area (Å²) in [6.07, 6.45) is 1.27. The number of carbonyl (C=O) groups is 1. The summed E-state index contributed by atoms with van der Waals surface area (Å²) >= 11 is 0. The van der Waals surface area contributed by atoms with Crippen LogP contribution in [0, 0.1) is 5.92 Å². The Hall–Kier alpha value is -0.610. The molecule has 82 valence electrons. The first-order valence-corrected chi connectivity index (χ1v) is 5.15. The summed E-state index contributed by atoms with van der Waals surface area (Å²) in [6.45, 7) is 5.01. The van der Waals surface area contributed by atoms with Gasteiger partial charge in [0.2, 0.25) is 0 Å². The normalized spacial score (nSPS) is 31.4. The molecule has 0 spiro atoms. The van der Waals surface area contributed by atoms with E-state index < -0.39 is 18.1 Å². The highest BCUT2D eigenvalue weighted by Gasteiger charge is 2.31. The van der Waals surface area contributed by atoms with E-state index in [0.29, 0.717) is 18.9 Å². The molecule has 2 N–H and O–H groups in total. The van der Waals surface area contributed by atoms with Crippen LogP contribution in [0.3, 0.4) is 0 Å². The number of piperidine rings is 1. The number of β-amino-alcohol motifs (C(OH)–C–C–N with tert-alkyl or cyclic N) is 1. The van der Waals surface area contributed by atoms with Crippen molar-refractivity contribution in [1.29, 1.82) is 0 Å². The molecule has 0 aromatic heterocycles. The third-order valence-corrected chi connectivity index (χ3v) is 2.76. The molecule has 4 nitrogen and oxygen atoms in total. The Morgan fingerprint density at radius 2 is 2.29 bits per heavy atom. The average molecular weight is 201 g/mol. The van der Waals surface area contributed by atoms with Crippen molar-refractivity contribution in [2.75, 3.05) is 13.1 Å². The van der Waals surface area contributed by atoms with Gasteiger partial charge in [-0.15, -0.1) is 0 Å². The molecule has 1 aliphatic heterocycles. The summed E-state index contributed by atoms with van der Waals surface area (Å²) in [6, 6.07) is -0.409. The number of carboxylic acids is 1. The third kappa shape index (κ3) is 2.96. The summed E-state index contributed by atoms with van der Waals surface area (Å²) in [5.74, 6) is -0.293. The quantitative estimate of drug-likeness (QED) is 0.700. The molecule has 1 aliphatic rings. The summed E-state index contributed by atoms with van der Waals surface area (Å²) in [4.78, 5) is 12.8. The Bertz CT molecular complexity index is 206. The van der Waals surface area contributed by atoms with Crippen LogP contribution in [-0.4, -0.2) is 46.3 Å². The van der Waals surface area contributed by atoms with Crippen molar-refractivity contribution in [1.82, 2.24) is 4.90 Å². The van der Waals surface area contributed by atoms with E-state index in [1.807, 2.05) is 4.90 Å². The largest absolute Gasteiger partial charge is 0.480 e. The van der Waals surface area contributed by atoms with Crippen LogP contribution in [0.1, 0.15) is 26.7 Å². The standard InChI is InChI=1S/C10H19NO3/c1-7-3-4-11(6-8(2)12)9(5-7)10(13)14/h7-9,12H,3-6H2,1-2H3,(H,13,14). The van der Waals surface area contributed by atoms with Crippen LogP contribution in [0.2, 0.25) is 0 Å². The number of nitrogens with zero attached hydrogens (tertiary/aromatic N) is 1. The van der Waals surface area contributed by atoms with Gasteiger partial charge >= 0.3 is 5.97 Å². The van der Waals surface area contributed by atoms with E-state index in [4.69, 9.17) is 5.11 Å². The molecule has 4 heteroatoms. The van der Waals surface area contributed by atoms with Crippen LogP contribution >= 0.6 is 0 Å². The van der Waals surface area contributed by atoms with Gasteiger partial charge in [0, 0.05) is 6.54 Å². The van der Waals surface area contributed by atoms with E-state index in [1.54, 1.807) is 6.92 Å². The number of likely N-dealkylation sites (tertiary alicyclic amines) is 1. The molecule has 0 radical (unpaired) electrons. The highest BCUT2D eigenvalue weighted by Crippen LogP contribution is 2.22. The lowest BCUT2D eigenvalue weighted by Crippen LogP contribution is -2.49. The maximum Gasteiger partial charge on any atom is 0.320 e. The second-order valence-electron chi connectivity index (χ2n) is 4.33. The van der Waals surface area contributed by atoms with Gasteiger partial charge in [-0.2, -0.15) is 0 Å². The zero-order valence-corrected chi connectivity index (χ0v) is 8.81. The van der Waals surface area contributed by atoms with Crippen LogP contribution < -0.4 is 0 Å². The topological polar surface area (TPSA) is 60.8 Å². The molecule has 0 aromatic carbocycles. The Morgan fingerprint density at radius 1 is 1.64 bits per heavy atom. The van der Waals surface area contributed by atoms with Crippen molar-refractivity contribution in [3.8, 4) is 0 Å². The van der Waals surface area contributed by atoms with Gasteiger partial charge in [-0.3, -0.25) is 9.69 Å². The zero-order chi connectivity index (χ0) is 10.7. The summed E-state index contributed by atoms with van der Waals surface area (Å²) in [7, 11) is 0. The van der Waals surface area contributed by atoms with E-state index >= 15 is 0 Å². The molecule has 0 saturated carbocycles. The number of hydrogen-bond donors (Lipinski definition) is 2. The number of aliphatic hydroxyl groups is 1. The summed E-state index contributed by atoms with van der Waals surface area (Å²) < 4.78 is 0. The van der Waals surface area contributed by atoms with Gasteiger partial charge in [0.25, 0.3) is 0 Å². The van der Waals surface area contributed by atoms with E-state index in [2.05, 4.69) is 6.92 Å². The number of aliphatic hydroxyl groups excluding tert-OH is 1. The van der Waals surface area contributed by atoms with Gasteiger partial charge in [0.05, 0.1) is 6.10 Å². The van der Waals surface area contributed by atoms with Gasteiger partial charge in [-0.05, 0) is 32.2 Å². The number of rotatable bonds is 3. The second-order valence-corrected chi connectivity index (χ2v) is 4.33. The first kappa shape index (κ1) is 11.5. The first-order valence-electron chi connectivity index (χ1n) is 5.15. The predicted octanol–water partition coefficient (Wildman–Crippen LogP) is 0.552. The fraction of sp³-hybridized carbons (Fsp3) is 0.900. The van der Waals surface area contributed by atoms with E-state index in [-0.39, 0.29) is 0 Å². The van der Waals surface area contributed by atoms with Crippen molar-refractivity contribution in [3.05, 3.63) is 0 Å². The van der Waals surface area contributed by atoms with Crippen LogP contribution in [0.25, 0.3) is 0 Å². The SMILES string of the molecule is CC(O)CN1CCC(C)CC1C(=O)O. The van der Waals surface area contributed by atoms with Crippen molar-refractivity contribution < 1.29 is 15.0 Å². The van der Waals surface area contributed by atoms with E-state index in [9.17, 15) is 9.90 Å². The Morgan fingerprint density at radius 3 is 2.79 bits per heavy atom. The maximum atomic E-state index is 11.0. The monoisotopic (exact) mass is 201 g/mol. The lowest BCUT2D eigenvalue weighted by atomic mass is 9.92. The Balaban J connectivity index is 2.58. The van der Waals surface area contributed by atoms with Gasteiger partial charge < -0.3 is 10.2 Å². The van der Waals surface area contributed by atoms with Crippen LogP contribution in [0.5, 0.6) is 0 Å². The molecule has 0 bridgehead atoms. The number of hydrogen-bond acceptors (Lipinski definition) is 3. The van der Waals surface area contributed by atoms with Crippen molar-refractivity contribution >= 4 is 5.97 Å². The Kier molecular flexibility index (Phi) is 3.89. The maximum absolute atomic E-state index is 11.0. The molecule has 1 fully saturated rings. The average Bonchev–Trinajstić information content (AvgIpc) is 2.07. The lowest BCUT2D eigenvalue weighted by Gasteiger charge is -2.36. The van der Waals surface area contributed by atoms with Crippen molar-refractivity contribution in [2.45, 2.75) is 38.8 Å². The minimum Gasteiger partial charge on any atom is -0.480 e. The van der Waals surface area contributed by atoms with Gasteiger partial charge in [-0.1, -0.05) is 6.92 Å². The fourth-order valence-corrected chi connectivity index (χ4v) is 2.01. The van der Waals surface area contributed by atoms with Crippen molar-refractivity contribution in [2.24, 2.45) is 5.92 Å². The predicted molar refractivity (Wildman–Crippen MR) is 53.1 cm³/mol.